The van der Waals surface area contributed by atoms with Crippen LogP contribution in [-0.4, -0.2) is 63.1 Å². The second kappa shape index (κ2) is 6.62. The van der Waals surface area contributed by atoms with Crippen LogP contribution in [0.1, 0.15) is 27.0 Å². The Morgan fingerprint density at radius 1 is 1.29 bits per heavy atom. The van der Waals surface area contributed by atoms with E-state index in [1.54, 1.807) is 17.5 Å². The van der Waals surface area contributed by atoms with E-state index in [1.807, 2.05) is 11.8 Å². The van der Waals surface area contributed by atoms with Gasteiger partial charge >= 0.3 is 0 Å². The summed E-state index contributed by atoms with van der Waals surface area (Å²) in [5.41, 5.74) is 1.82. The van der Waals surface area contributed by atoms with Crippen molar-refractivity contribution in [3.8, 4) is 0 Å². The Hall–Kier alpha value is -1.77. The minimum absolute atomic E-state index is 0.0700. The van der Waals surface area contributed by atoms with Gasteiger partial charge in [-0.25, -0.2) is 9.97 Å². The molecule has 0 unspecified atom stereocenters. The smallest absolute Gasteiger partial charge is 0.272 e. The van der Waals surface area contributed by atoms with Crippen LogP contribution >= 0.6 is 11.3 Å². The molecule has 8 heteroatoms. The summed E-state index contributed by atoms with van der Waals surface area (Å²) in [6, 6.07) is 0. The average molecular weight is 347 g/mol. The largest absolute Gasteiger partial charge is 0.378 e. The molecule has 1 fully saturated rings. The van der Waals surface area contributed by atoms with Gasteiger partial charge in [-0.1, -0.05) is 0 Å². The number of rotatable bonds is 3. The van der Waals surface area contributed by atoms with Crippen LogP contribution < -0.4 is 0 Å². The van der Waals surface area contributed by atoms with Crippen molar-refractivity contribution in [1.29, 1.82) is 0 Å². The topological polar surface area (TPSA) is 63.5 Å². The molecule has 2 aromatic heterocycles. The molecule has 4 heterocycles. The summed E-state index contributed by atoms with van der Waals surface area (Å²) in [6.45, 7) is 7.88. The lowest BCUT2D eigenvalue weighted by atomic mass is 10.3. The standard InChI is InChI=1S/C16H21N5O2S/c1-12-18-13(11-24-12)9-19-2-3-21-14(8-17-15(21)10-19)16(22)20-4-6-23-7-5-20/h8,11H,2-7,9-10H2,1H3. The first-order valence-corrected chi connectivity index (χ1v) is 9.13. The van der Waals surface area contributed by atoms with Gasteiger partial charge in [-0.05, 0) is 6.92 Å². The van der Waals surface area contributed by atoms with Gasteiger partial charge in [-0.2, -0.15) is 0 Å². The maximum atomic E-state index is 12.7. The minimum Gasteiger partial charge on any atom is -0.378 e. The molecule has 128 valence electrons. The maximum Gasteiger partial charge on any atom is 0.272 e. The van der Waals surface area contributed by atoms with Crippen LogP contribution in [0.25, 0.3) is 0 Å². The van der Waals surface area contributed by atoms with Gasteiger partial charge in [0.15, 0.2) is 0 Å². The Labute approximate surface area is 144 Å². The molecular weight excluding hydrogens is 326 g/mol. The molecule has 0 aromatic carbocycles. The number of hydrogen-bond donors (Lipinski definition) is 0. The first-order valence-electron chi connectivity index (χ1n) is 8.25. The quantitative estimate of drug-likeness (QED) is 0.833. The number of carbonyl (C=O) groups is 1. The van der Waals surface area contributed by atoms with E-state index in [9.17, 15) is 4.79 Å². The van der Waals surface area contributed by atoms with Gasteiger partial charge in [0, 0.05) is 38.1 Å². The fraction of sp³-hybridized carbons (Fsp3) is 0.562. The van der Waals surface area contributed by atoms with Crippen molar-refractivity contribution in [3.05, 3.63) is 33.8 Å². The van der Waals surface area contributed by atoms with Gasteiger partial charge < -0.3 is 14.2 Å². The average Bonchev–Trinajstić information content (AvgIpc) is 3.21. The molecule has 24 heavy (non-hydrogen) atoms. The molecule has 0 N–H and O–H groups in total. The number of carbonyl (C=O) groups excluding carboxylic acids is 1. The number of imidazole rings is 1. The zero-order valence-electron chi connectivity index (χ0n) is 13.8. The second-order valence-corrected chi connectivity index (χ2v) is 7.25. The van der Waals surface area contributed by atoms with Gasteiger partial charge in [0.25, 0.3) is 5.91 Å². The summed E-state index contributed by atoms with van der Waals surface area (Å²) < 4.78 is 7.39. The first kappa shape index (κ1) is 15.7. The van der Waals surface area contributed by atoms with E-state index in [4.69, 9.17) is 4.74 Å². The lowest BCUT2D eigenvalue weighted by Gasteiger charge is -2.30. The highest BCUT2D eigenvalue weighted by Crippen LogP contribution is 2.19. The summed E-state index contributed by atoms with van der Waals surface area (Å²) in [5.74, 6) is 1.03. The summed E-state index contributed by atoms with van der Waals surface area (Å²) in [7, 11) is 0. The summed E-state index contributed by atoms with van der Waals surface area (Å²) in [6.07, 6.45) is 1.73. The molecule has 0 saturated carbocycles. The van der Waals surface area contributed by atoms with Crippen molar-refractivity contribution in [2.24, 2.45) is 0 Å². The first-order chi connectivity index (χ1) is 11.7. The van der Waals surface area contributed by atoms with Gasteiger partial charge in [0.1, 0.15) is 11.5 Å². The fourth-order valence-corrected chi connectivity index (χ4v) is 3.86. The van der Waals surface area contributed by atoms with Crippen LogP contribution in [-0.2, 0) is 24.4 Å². The molecule has 2 aliphatic heterocycles. The van der Waals surface area contributed by atoms with Crippen LogP contribution in [0.2, 0.25) is 0 Å². The molecule has 0 spiro atoms. The van der Waals surface area contributed by atoms with Gasteiger partial charge in [0.05, 0.1) is 36.7 Å². The number of hydrogen-bond acceptors (Lipinski definition) is 6. The van der Waals surface area contributed by atoms with E-state index in [2.05, 4.69) is 24.8 Å². The molecule has 0 atom stereocenters. The Bertz CT molecular complexity index is 735. The van der Waals surface area contributed by atoms with E-state index in [0.717, 1.165) is 42.7 Å². The molecule has 7 nitrogen and oxygen atoms in total. The van der Waals surface area contributed by atoms with Crippen molar-refractivity contribution < 1.29 is 9.53 Å². The number of aromatic nitrogens is 3. The number of morpholine rings is 1. The number of fused-ring (bicyclic) bond motifs is 1. The second-order valence-electron chi connectivity index (χ2n) is 6.18. The predicted octanol–water partition coefficient (Wildman–Crippen LogP) is 1.14. The van der Waals surface area contributed by atoms with E-state index in [-0.39, 0.29) is 5.91 Å². The minimum atomic E-state index is 0.0700. The van der Waals surface area contributed by atoms with Crippen LogP contribution in [0.15, 0.2) is 11.6 Å². The molecule has 2 aromatic rings. The molecule has 4 rings (SSSR count). The van der Waals surface area contributed by atoms with Crippen molar-refractivity contribution in [2.45, 2.75) is 26.6 Å². The Kier molecular flexibility index (Phi) is 4.34. The predicted molar refractivity (Wildman–Crippen MR) is 89.9 cm³/mol. The highest BCUT2D eigenvalue weighted by atomic mass is 32.1. The third-order valence-electron chi connectivity index (χ3n) is 4.51. The zero-order valence-corrected chi connectivity index (χ0v) is 14.6. The lowest BCUT2D eigenvalue weighted by molar-refractivity contribution is 0.0294. The van der Waals surface area contributed by atoms with Crippen molar-refractivity contribution in [3.63, 3.8) is 0 Å². The molecule has 1 amide bonds. The summed E-state index contributed by atoms with van der Waals surface area (Å²) in [5, 5.41) is 3.21. The van der Waals surface area contributed by atoms with Crippen molar-refractivity contribution in [1.82, 2.24) is 24.3 Å². The van der Waals surface area contributed by atoms with Crippen LogP contribution in [0.4, 0.5) is 0 Å². The van der Waals surface area contributed by atoms with Crippen LogP contribution in [0.5, 0.6) is 0 Å². The molecule has 0 bridgehead atoms. The van der Waals surface area contributed by atoms with Crippen LogP contribution in [0.3, 0.4) is 0 Å². The third kappa shape index (κ3) is 3.09. The molecule has 0 radical (unpaired) electrons. The Morgan fingerprint density at radius 3 is 2.88 bits per heavy atom. The number of nitrogens with zero attached hydrogens (tertiary/aromatic N) is 5. The van der Waals surface area contributed by atoms with Gasteiger partial charge in [-0.3, -0.25) is 9.69 Å². The SMILES string of the molecule is Cc1nc(CN2CCn3c(C(=O)N4CCOCC4)cnc3C2)cs1. The van der Waals surface area contributed by atoms with Crippen molar-refractivity contribution in [2.75, 3.05) is 32.8 Å². The van der Waals surface area contributed by atoms with E-state index in [0.29, 0.717) is 32.0 Å². The normalized spacial score (nSPS) is 18.6. The monoisotopic (exact) mass is 347 g/mol. The van der Waals surface area contributed by atoms with E-state index < -0.39 is 0 Å². The van der Waals surface area contributed by atoms with Gasteiger partial charge in [-0.15, -0.1) is 11.3 Å². The third-order valence-corrected chi connectivity index (χ3v) is 5.34. The molecule has 1 saturated heterocycles. The Morgan fingerprint density at radius 2 is 2.12 bits per heavy atom. The number of thiazole rings is 1. The van der Waals surface area contributed by atoms with Crippen molar-refractivity contribution >= 4 is 17.2 Å². The summed E-state index contributed by atoms with van der Waals surface area (Å²) >= 11 is 1.68. The van der Waals surface area contributed by atoms with Crippen LogP contribution in [0, 0.1) is 6.92 Å². The molecule has 2 aliphatic rings. The number of aryl methyl sites for hydroxylation is 1. The number of ether oxygens (including phenoxy) is 1. The maximum absolute atomic E-state index is 12.7. The molecule has 0 aliphatic carbocycles. The lowest BCUT2D eigenvalue weighted by Crippen LogP contribution is -2.42. The highest BCUT2D eigenvalue weighted by molar-refractivity contribution is 7.09. The van der Waals surface area contributed by atoms with Gasteiger partial charge in [0.2, 0.25) is 0 Å². The zero-order chi connectivity index (χ0) is 16.5. The Balaban J connectivity index is 1.46. The summed E-state index contributed by atoms with van der Waals surface area (Å²) in [4.78, 5) is 25.9. The van der Waals surface area contributed by atoms with E-state index >= 15 is 0 Å². The number of amides is 1. The molecular formula is C16H21N5O2S. The van der Waals surface area contributed by atoms with E-state index in [1.165, 1.54) is 0 Å². The fourth-order valence-electron chi connectivity index (χ4n) is 3.25. The highest BCUT2D eigenvalue weighted by Gasteiger charge is 2.26.